The van der Waals surface area contributed by atoms with Gasteiger partial charge in [0.1, 0.15) is 34.4 Å². The molecule has 1 aliphatic heterocycles. The summed E-state index contributed by atoms with van der Waals surface area (Å²) in [6.45, 7) is 5.16. The summed E-state index contributed by atoms with van der Waals surface area (Å²) in [5.74, 6) is -1.33. The van der Waals surface area contributed by atoms with Gasteiger partial charge in [-0.1, -0.05) is 12.7 Å². The fraction of sp³-hybridized carbons (Fsp3) is 0.438. The summed E-state index contributed by atoms with van der Waals surface area (Å²) < 4.78 is 5.14. The molecule has 0 radical (unpaired) electrons. The third-order valence-corrected chi connectivity index (χ3v) is 4.98. The molecule has 1 aromatic heterocycles. The lowest BCUT2D eigenvalue weighted by Crippen LogP contribution is -2.38. The van der Waals surface area contributed by atoms with Gasteiger partial charge in [0, 0.05) is 5.38 Å². The average Bonchev–Trinajstić information content (AvgIpc) is 3.09. The van der Waals surface area contributed by atoms with E-state index >= 15 is 0 Å². The molecule has 2 bridgehead atoms. The molecule has 0 saturated heterocycles. The number of aliphatic imine (C=N–C) groups is 1. The summed E-state index contributed by atoms with van der Waals surface area (Å²) in [5.41, 5.74) is 0.655. The van der Waals surface area contributed by atoms with Gasteiger partial charge in [-0.15, -0.1) is 23.1 Å². The number of fused-ring (bicyclic) bond motifs is 2. The van der Waals surface area contributed by atoms with Crippen molar-refractivity contribution in [2.45, 2.75) is 32.0 Å². The van der Waals surface area contributed by atoms with Gasteiger partial charge in [0.15, 0.2) is 0 Å². The average molecular weight is 396 g/mol. The van der Waals surface area contributed by atoms with Crippen molar-refractivity contribution in [3.05, 3.63) is 28.7 Å². The number of esters is 1. The van der Waals surface area contributed by atoms with Crippen LogP contribution in [0, 0.1) is 0 Å². The standard InChI is InChI=1S/C16H20N4O4S2/c1-4-10-5-12(21)17-6-13-20-11(8-26-13)16(25-3)19-9(2)15(23)18-7-14(22)24-10/h4,8-10H,1,5-7H2,2-3H3,(H,17,21)(H,18,23)/t9-,10-/m1/s1. The number of rotatable bonds is 1. The van der Waals surface area contributed by atoms with Crippen LogP contribution in [0.5, 0.6) is 0 Å². The van der Waals surface area contributed by atoms with Crippen LogP contribution >= 0.6 is 23.1 Å². The molecule has 1 aromatic rings. The molecule has 140 valence electrons. The SMILES string of the molecule is C=C[C@@H]1CC(=O)NCc2nc(cs2)C(SC)=N[C@H](C)C(=O)NCC(=O)O1. The molecule has 26 heavy (non-hydrogen) atoms. The van der Waals surface area contributed by atoms with Gasteiger partial charge in [-0.3, -0.25) is 19.4 Å². The Morgan fingerprint density at radius 3 is 2.81 bits per heavy atom. The lowest BCUT2D eigenvalue weighted by molar-refractivity contribution is -0.148. The van der Waals surface area contributed by atoms with Crippen LogP contribution < -0.4 is 10.6 Å². The molecule has 2 amide bonds. The Balaban J connectivity index is 2.25. The van der Waals surface area contributed by atoms with E-state index in [9.17, 15) is 14.4 Å². The van der Waals surface area contributed by atoms with Gasteiger partial charge in [0.05, 0.1) is 13.0 Å². The predicted octanol–water partition coefficient (Wildman–Crippen LogP) is 0.875. The first-order valence-corrected chi connectivity index (χ1v) is 9.96. The number of carbonyl (C=O) groups is 3. The highest BCUT2D eigenvalue weighted by Gasteiger charge is 2.20. The van der Waals surface area contributed by atoms with Crippen LogP contribution in [0.25, 0.3) is 0 Å². The van der Waals surface area contributed by atoms with Crippen LogP contribution in [0.1, 0.15) is 24.0 Å². The van der Waals surface area contributed by atoms with E-state index in [-0.39, 0.29) is 25.4 Å². The number of nitrogens with one attached hydrogen (secondary N) is 2. The lowest BCUT2D eigenvalue weighted by Gasteiger charge is -2.15. The fourth-order valence-electron chi connectivity index (χ4n) is 2.07. The number of thiazole rings is 1. The molecular weight excluding hydrogens is 376 g/mol. The second-order valence-electron chi connectivity index (χ2n) is 5.40. The minimum atomic E-state index is -0.766. The molecule has 10 heteroatoms. The number of thioether (sulfide) groups is 1. The molecule has 0 fully saturated rings. The van der Waals surface area contributed by atoms with E-state index in [1.54, 1.807) is 6.92 Å². The quantitative estimate of drug-likeness (QED) is 0.539. The third kappa shape index (κ3) is 5.67. The van der Waals surface area contributed by atoms with Crippen molar-refractivity contribution < 1.29 is 19.1 Å². The first-order chi connectivity index (χ1) is 12.4. The number of nitrogens with zero attached hydrogens (tertiary/aromatic N) is 2. The maximum atomic E-state index is 12.1. The Bertz CT molecular complexity index is 732. The topological polar surface area (TPSA) is 110 Å². The highest BCUT2D eigenvalue weighted by molar-refractivity contribution is 8.13. The second kappa shape index (κ2) is 9.48. The van der Waals surface area contributed by atoms with Crippen molar-refractivity contribution in [1.82, 2.24) is 15.6 Å². The highest BCUT2D eigenvalue weighted by Crippen LogP contribution is 2.17. The van der Waals surface area contributed by atoms with E-state index < -0.39 is 24.0 Å². The molecule has 0 spiro atoms. The number of ether oxygens (including phenoxy) is 1. The maximum absolute atomic E-state index is 12.1. The zero-order valence-electron chi connectivity index (χ0n) is 14.5. The molecule has 2 atom stereocenters. The fourth-order valence-corrected chi connectivity index (χ4v) is 3.44. The number of aromatic nitrogens is 1. The normalized spacial score (nSPS) is 22.7. The van der Waals surface area contributed by atoms with Crippen LogP contribution in [-0.2, 0) is 25.7 Å². The largest absolute Gasteiger partial charge is 0.456 e. The molecule has 8 nitrogen and oxygen atoms in total. The summed E-state index contributed by atoms with van der Waals surface area (Å²) >= 11 is 2.77. The summed E-state index contributed by atoms with van der Waals surface area (Å²) in [5, 5.41) is 8.38. The minimum absolute atomic E-state index is 0.0463. The first-order valence-electron chi connectivity index (χ1n) is 7.86. The Morgan fingerprint density at radius 2 is 2.12 bits per heavy atom. The van der Waals surface area contributed by atoms with Crippen molar-refractivity contribution in [2.75, 3.05) is 12.8 Å². The van der Waals surface area contributed by atoms with E-state index in [1.807, 2.05) is 11.6 Å². The van der Waals surface area contributed by atoms with Crippen molar-refractivity contribution >= 4 is 45.9 Å². The van der Waals surface area contributed by atoms with E-state index in [2.05, 4.69) is 27.2 Å². The number of cyclic esters (lactones) is 1. The van der Waals surface area contributed by atoms with Crippen molar-refractivity contribution in [3.8, 4) is 0 Å². The number of amides is 2. The molecule has 0 aromatic carbocycles. The van der Waals surface area contributed by atoms with Crippen LogP contribution in [0.15, 0.2) is 23.0 Å². The van der Waals surface area contributed by atoms with Gasteiger partial charge in [0.2, 0.25) is 11.8 Å². The minimum Gasteiger partial charge on any atom is -0.456 e. The third-order valence-electron chi connectivity index (χ3n) is 3.43. The van der Waals surface area contributed by atoms with Crippen LogP contribution in [0.3, 0.4) is 0 Å². The Kier molecular flexibility index (Phi) is 7.34. The Hall–Kier alpha value is -2.20. The second-order valence-corrected chi connectivity index (χ2v) is 7.14. The number of hydrogen-bond donors (Lipinski definition) is 2. The first kappa shape index (κ1) is 20.1. The summed E-state index contributed by atoms with van der Waals surface area (Å²) in [4.78, 5) is 44.8. The van der Waals surface area contributed by atoms with Gasteiger partial charge < -0.3 is 15.4 Å². The van der Waals surface area contributed by atoms with Gasteiger partial charge in [-0.05, 0) is 13.2 Å². The number of hydrogen-bond acceptors (Lipinski definition) is 8. The van der Waals surface area contributed by atoms with Crippen LogP contribution in [-0.4, -0.2) is 52.8 Å². The molecule has 0 aliphatic carbocycles. The number of carbonyl (C=O) groups excluding carboxylic acids is 3. The highest BCUT2D eigenvalue weighted by atomic mass is 32.2. The van der Waals surface area contributed by atoms with Gasteiger partial charge >= 0.3 is 5.97 Å². The molecule has 0 unspecified atom stereocenters. The molecule has 2 rings (SSSR count). The monoisotopic (exact) mass is 396 g/mol. The van der Waals surface area contributed by atoms with Crippen LogP contribution in [0.4, 0.5) is 0 Å². The summed E-state index contributed by atoms with van der Waals surface area (Å²) in [6.07, 6.45) is 2.41. The van der Waals surface area contributed by atoms with Crippen molar-refractivity contribution in [1.29, 1.82) is 0 Å². The molecular formula is C16H20N4O4S2. The van der Waals surface area contributed by atoms with Crippen LogP contribution in [0.2, 0.25) is 0 Å². The predicted molar refractivity (Wildman–Crippen MR) is 101 cm³/mol. The van der Waals surface area contributed by atoms with E-state index in [0.29, 0.717) is 15.7 Å². The van der Waals surface area contributed by atoms with E-state index in [4.69, 9.17) is 4.74 Å². The van der Waals surface area contributed by atoms with Gasteiger partial charge in [-0.2, -0.15) is 0 Å². The Labute approximate surface area is 159 Å². The molecule has 2 N–H and O–H groups in total. The van der Waals surface area contributed by atoms with E-state index in [0.717, 1.165) is 0 Å². The van der Waals surface area contributed by atoms with Crippen molar-refractivity contribution in [2.24, 2.45) is 4.99 Å². The summed E-state index contributed by atoms with van der Waals surface area (Å²) in [6, 6.07) is -0.682. The summed E-state index contributed by atoms with van der Waals surface area (Å²) in [7, 11) is 0. The zero-order chi connectivity index (χ0) is 19.1. The van der Waals surface area contributed by atoms with Crippen molar-refractivity contribution in [3.63, 3.8) is 0 Å². The maximum Gasteiger partial charge on any atom is 0.326 e. The smallest absolute Gasteiger partial charge is 0.326 e. The molecule has 2 heterocycles. The molecule has 1 aliphatic rings. The van der Waals surface area contributed by atoms with Gasteiger partial charge in [0.25, 0.3) is 0 Å². The zero-order valence-corrected chi connectivity index (χ0v) is 16.1. The van der Waals surface area contributed by atoms with Gasteiger partial charge in [-0.25, -0.2) is 4.98 Å². The lowest BCUT2D eigenvalue weighted by atomic mass is 10.2. The molecule has 0 saturated carbocycles. The Morgan fingerprint density at radius 1 is 1.35 bits per heavy atom. The van der Waals surface area contributed by atoms with E-state index in [1.165, 1.54) is 29.2 Å².